The highest BCUT2D eigenvalue weighted by atomic mass is 15.1. The third kappa shape index (κ3) is 0.804. The Balaban J connectivity index is 0.864. The second-order valence-corrected chi connectivity index (χ2v) is 16.2. The Bertz CT molecular complexity index is 1040. The molecule has 24 unspecified atom stereocenters. The van der Waals surface area contributed by atoms with Crippen LogP contribution in [0.4, 0.5) is 0 Å². The number of nitrogens with two attached hydrogens (primary N) is 1. The number of hydrogen-bond acceptors (Lipinski definition) is 1. The highest BCUT2D eigenvalue weighted by molar-refractivity contribution is 5.49. The molecular formula is C29H35N. The summed E-state index contributed by atoms with van der Waals surface area (Å²) in [5, 5.41) is 0. The van der Waals surface area contributed by atoms with E-state index in [4.69, 9.17) is 5.73 Å². The summed E-state index contributed by atoms with van der Waals surface area (Å²) in [6.07, 6.45) is 6.43. The quantitative estimate of drug-likeness (QED) is 0.615. The Morgan fingerprint density at radius 3 is 1.47 bits per heavy atom. The lowest BCUT2D eigenvalue weighted by atomic mass is 9.02. The molecule has 0 radical (unpaired) electrons. The summed E-state index contributed by atoms with van der Waals surface area (Å²) in [5.74, 6) is 26.2. The average Bonchev–Trinajstić information content (AvgIpc) is 2.66. The first-order valence-electron chi connectivity index (χ1n) is 14.5. The van der Waals surface area contributed by atoms with Gasteiger partial charge in [-0.2, -0.15) is 0 Å². The Hall–Kier alpha value is -0.0400. The van der Waals surface area contributed by atoms with Gasteiger partial charge in [0.1, 0.15) is 0 Å². The third-order valence-corrected chi connectivity index (χ3v) is 18.2. The lowest BCUT2D eigenvalue weighted by molar-refractivity contribution is -0.549. The van der Waals surface area contributed by atoms with E-state index in [0.29, 0.717) is 11.0 Å². The van der Waals surface area contributed by atoms with E-state index in [-0.39, 0.29) is 0 Å². The molecule has 0 aliphatic heterocycles. The number of hydrogen-bond donors (Lipinski definition) is 1. The van der Waals surface area contributed by atoms with Gasteiger partial charge in [-0.25, -0.2) is 0 Å². The molecule has 1 nitrogen and oxygen atoms in total. The Kier molecular flexibility index (Phi) is 1.60. The zero-order valence-electron chi connectivity index (χ0n) is 18.1. The normalized spacial score (nSPS) is 95.4. The summed E-state index contributed by atoms with van der Waals surface area (Å²) in [4.78, 5) is 0. The van der Waals surface area contributed by atoms with E-state index in [0.717, 1.165) is 41.4 Å². The van der Waals surface area contributed by atoms with Crippen molar-refractivity contribution in [2.75, 3.05) is 0 Å². The van der Waals surface area contributed by atoms with Gasteiger partial charge in [0.15, 0.2) is 0 Å². The molecule has 13 aliphatic rings. The van der Waals surface area contributed by atoms with Crippen LogP contribution in [0.1, 0.15) is 32.6 Å². The molecule has 0 aromatic heterocycles. The predicted octanol–water partition coefficient (Wildman–Crippen LogP) is 3.98. The van der Waals surface area contributed by atoms with Crippen LogP contribution in [0.25, 0.3) is 0 Å². The zero-order valence-corrected chi connectivity index (χ0v) is 18.1. The minimum atomic E-state index is 0.335. The van der Waals surface area contributed by atoms with Gasteiger partial charge in [0.2, 0.25) is 0 Å². The molecule has 13 aliphatic carbocycles. The highest BCUT2D eigenvalue weighted by Gasteiger charge is 3.00. The second kappa shape index (κ2) is 3.37. The minimum Gasteiger partial charge on any atom is -0.324 e. The summed E-state index contributed by atoms with van der Waals surface area (Å²) in [6.45, 7) is 2.75. The fourth-order valence-corrected chi connectivity index (χ4v) is 17.9. The zero-order chi connectivity index (χ0) is 18.5. The molecule has 30 heavy (non-hydrogen) atoms. The van der Waals surface area contributed by atoms with Crippen molar-refractivity contribution < 1.29 is 0 Å². The van der Waals surface area contributed by atoms with Crippen molar-refractivity contribution in [1.29, 1.82) is 0 Å². The molecule has 0 aromatic rings. The van der Waals surface area contributed by atoms with Crippen molar-refractivity contribution in [3.05, 3.63) is 0 Å². The van der Waals surface area contributed by atoms with Crippen LogP contribution in [-0.2, 0) is 0 Å². The maximum absolute atomic E-state index is 7.52. The molecular weight excluding hydrogens is 362 g/mol. The molecule has 24 atom stereocenters. The maximum atomic E-state index is 7.52. The van der Waals surface area contributed by atoms with Gasteiger partial charge in [-0.3, -0.25) is 0 Å². The van der Waals surface area contributed by atoms with E-state index >= 15 is 0 Å². The van der Waals surface area contributed by atoms with Crippen LogP contribution in [0, 0.1) is 136 Å². The van der Waals surface area contributed by atoms with Crippen LogP contribution < -0.4 is 5.73 Å². The second-order valence-electron chi connectivity index (χ2n) is 16.2. The van der Waals surface area contributed by atoms with Gasteiger partial charge in [0.25, 0.3) is 0 Å². The van der Waals surface area contributed by atoms with Crippen LogP contribution in [0.15, 0.2) is 0 Å². The monoisotopic (exact) mass is 397 g/mol. The fourth-order valence-electron chi connectivity index (χ4n) is 17.9. The summed E-state index contributed by atoms with van der Waals surface area (Å²) >= 11 is 0. The molecule has 2 N–H and O–H groups in total. The largest absolute Gasteiger partial charge is 0.324 e. The predicted molar refractivity (Wildman–Crippen MR) is 110 cm³/mol. The van der Waals surface area contributed by atoms with Crippen molar-refractivity contribution >= 4 is 0 Å². The Morgan fingerprint density at radius 1 is 0.433 bits per heavy atom. The van der Waals surface area contributed by atoms with Crippen molar-refractivity contribution in [2.24, 2.45) is 141 Å². The van der Waals surface area contributed by atoms with Gasteiger partial charge in [0, 0.05) is 5.54 Å². The summed E-state index contributed by atoms with van der Waals surface area (Å²) in [7, 11) is 0. The number of rotatable bonds is 0. The first-order chi connectivity index (χ1) is 14.7. The van der Waals surface area contributed by atoms with E-state index in [1.165, 1.54) is 88.8 Å². The smallest absolute Gasteiger partial charge is 0.0283 e. The van der Waals surface area contributed by atoms with E-state index in [9.17, 15) is 0 Å². The minimum absolute atomic E-state index is 0.335. The lowest BCUT2D eigenvalue weighted by Gasteiger charge is -3.03. The van der Waals surface area contributed by atoms with Crippen molar-refractivity contribution in [2.45, 2.75) is 38.1 Å². The first-order valence-corrected chi connectivity index (χ1v) is 14.5. The van der Waals surface area contributed by atoms with Crippen LogP contribution >= 0.6 is 0 Å². The topological polar surface area (TPSA) is 26.0 Å². The molecule has 0 aromatic carbocycles. The summed E-state index contributed by atoms with van der Waals surface area (Å²) in [5.41, 5.74) is 8.47. The van der Waals surface area contributed by atoms with Gasteiger partial charge < -0.3 is 5.73 Å². The maximum Gasteiger partial charge on any atom is 0.0283 e. The van der Waals surface area contributed by atoms with Crippen molar-refractivity contribution in [3.8, 4) is 0 Å². The highest BCUT2D eigenvalue weighted by Crippen LogP contribution is 3.01. The molecule has 0 heterocycles. The third-order valence-electron chi connectivity index (χ3n) is 18.2. The fraction of sp³-hybridized carbons (Fsp3) is 1.00. The van der Waals surface area contributed by atoms with Crippen molar-refractivity contribution in [1.82, 2.24) is 0 Å². The molecule has 13 saturated carbocycles. The van der Waals surface area contributed by atoms with Gasteiger partial charge >= 0.3 is 0 Å². The molecule has 0 amide bonds. The average molecular weight is 398 g/mol. The summed E-state index contributed by atoms with van der Waals surface area (Å²) < 4.78 is 0. The Labute approximate surface area is 179 Å². The van der Waals surface area contributed by atoms with Gasteiger partial charge in [-0.15, -0.1) is 0 Å². The van der Waals surface area contributed by atoms with Crippen LogP contribution in [0.2, 0.25) is 0 Å². The SMILES string of the molecule is CC12C3C4C5C6C7C8C9CCC9C8C7C6C5C4C3C1C1C3C4C5CCC5C4C3C12N. The van der Waals surface area contributed by atoms with Crippen LogP contribution in [0.5, 0.6) is 0 Å². The Morgan fingerprint density at radius 2 is 0.867 bits per heavy atom. The van der Waals surface area contributed by atoms with Gasteiger partial charge in [0.05, 0.1) is 0 Å². The molecule has 156 valence electrons. The molecule has 0 bridgehead atoms. The van der Waals surface area contributed by atoms with E-state index < -0.39 is 0 Å². The van der Waals surface area contributed by atoms with Gasteiger partial charge in [-0.1, -0.05) is 6.92 Å². The molecule has 13 fully saturated rings. The molecule has 0 saturated heterocycles. The van der Waals surface area contributed by atoms with Crippen LogP contribution in [-0.4, -0.2) is 5.54 Å². The molecule has 0 spiro atoms. The molecule has 1 heteroatoms. The first kappa shape index (κ1) is 14.3. The lowest BCUT2D eigenvalue weighted by Crippen LogP contribution is -3.05. The van der Waals surface area contributed by atoms with E-state index in [1.54, 1.807) is 25.7 Å². The molecule has 13 rings (SSSR count). The van der Waals surface area contributed by atoms with E-state index in [1.807, 2.05) is 0 Å². The van der Waals surface area contributed by atoms with Crippen LogP contribution in [0.3, 0.4) is 0 Å². The van der Waals surface area contributed by atoms with E-state index in [2.05, 4.69) is 6.92 Å². The summed E-state index contributed by atoms with van der Waals surface area (Å²) in [6, 6.07) is 0. The number of fused-ring (bicyclic) bond motifs is 34. The standard InChI is InChI=1S/C29H35N/c1-28-24-21-19-17-15-11-7-3-2-6(7)10(11)14(15)16(17)18(19)20(21)23(24)26(28)27-22-12-8-4-5-9(8)13(12)25(22)29(27,28)30/h6-27H,2-5,30H2,1H3. The van der Waals surface area contributed by atoms with Crippen molar-refractivity contribution in [3.63, 3.8) is 0 Å². The van der Waals surface area contributed by atoms with Gasteiger partial charge in [-0.05, 0) is 161 Å².